The fourth-order valence-corrected chi connectivity index (χ4v) is 4.19. The summed E-state index contributed by atoms with van der Waals surface area (Å²) >= 11 is 1.63. The van der Waals surface area contributed by atoms with Gasteiger partial charge in [-0.25, -0.2) is 0 Å². The predicted molar refractivity (Wildman–Crippen MR) is 121 cm³/mol. The van der Waals surface area contributed by atoms with Gasteiger partial charge in [0.2, 0.25) is 11.8 Å². The van der Waals surface area contributed by atoms with Gasteiger partial charge < -0.3 is 19.9 Å². The molecular formula is C23H29N3O3S. The summed E-state index contributed by atoms with van der Waals surface area (Å²) in [6.07, 6.45) is 0.781. The molecule has 0 atom stereocenters. The minimum Gasteiger partial charge on any atom is -0.497 e. The van der Waals surface area contributed by atoms with Crippen LogP contribution in [0.3, 0.4) is 0 Å². The van der Waals surface area contributed by atoms with Crippen LogP contribution in [-0.4, -0.2) is 62.3 Å². The Balaban J connectivity index is 1.28. The number of piperazine rings is 1. The fourth-order valence-electron chi connectivity index (χ4n) is 3.34. The van der Waals surface area contributed by atoms with E-state index >= 15 is 0 Å². The van der Waals surface area contributed by atoms with Gasteiger partial charge in [-0.1, -0.05) is 18.2 Å². The third-order valence-corrected chi connectivity index (χ3v) is 6.09. The summed E-state index contributed by atoms with van der Waals surface area (Å²) in [5.41, 5.74) is 1.20. The molecule has 0 spiro atoms. The zero-order valence-electron chi connectivity index (χ0n) is 17.4. The lowest BCUT2D eigenvalue weighted by Crippen LogP contribution is -2.49. The molecule has 1 aliphatic rings. The van der Waals surface area contributed by atoms with E-state index in [-0.39, 0.29) is 11.8 Å². The van der Waals surface area contributed by atoms with Crippen LogP contribution in [0.15, 0.2) is 59.5 Å². The first kappa shape index (κ1) is 22.0. The second kappa shape index (κ2) is 11.5. The molecule has 160 valence electrons. The number of ether oxygens (including phenoxy) is 1. The Bertz CT molecular complexity index is 806. The average molecular weight is 428 g/mol. The zero-order valence-corrected chi connectivity index (χ0v) is 18.2. The van der Waals surface area contributed by atoms with E-state index in [1.807, 2.05) is 47.4 Å². The van der Waals surface area contributed by atoms with Gasteiger partial charge in [0, 0.05) is 61.9 Å². The van der Waals surface area contributed by atoms with Gasteiger partial charge in [0.1, 0.15) is 5.75 Å². The zero-order chi connectivity index (χ0) is 21.2. The molecule has 1 saturated heterocycles. The van der Waals surface area contributed by atoms with Crippen molar-refractivity contribution in [3.63, 3.8) is 0 Å². The van der Waals surface area contributed by atoms with Crippen LogP contribution in [0.4, 0.5) is 5.69 Å². The molecule has 0 saturated carbocycles. The smallest absolute Gasteiger partial charge is 0.224 e. The summed E-state index contributed by atoms with van der Waals surface area (Å²) in [4.78, 5) is 29.7. The van der Waals surface area contributed by atoms with Crippen LogP contribution in [0.2, 0.25) is 0 Å². The number of nitrogens with zero attached hydrogens (tertiary/aromatic N) is 2. The standard InChI is InChI=1S/C23H29N3O3S/c1-29-20-7-9-21(10-8-20)30-18-12-22(27)24-13-11-23(28)26-16-14-25(15-17-26)19-5-3-2-4-6-19/h2-10H,11-18H2,1H3,(H,24,27). The molecule has 0 radical (unpaired) electrons. The average Bonchev–Trinajstić information content (AvgIpc) is 2.80. The van der Waals surface area contributed by atoms with E-state index in [0.717, 1.165) is 36.8 Å². The molecular weight excluding hydrogens is 398 g/mol. The van der Waals surface area contributed by atoms with E-state index in [2.05, 4.69) is 22.3 Å². The monoisotopic (exact) mass is 427 g/mol. The first-order valence-electron chi connectivity index (χ1n) is 10.3. The van der Waals surface area contributed by atoms with Gasteiger partial charge in [0.15, 0.2) is 0 Å². The highest BCUT2D eigenvalue weighted by Crippen LogP contribution is 2.21. The molecule has 0 unspecified atom stereocenters. The first-order valence-corrected chi connectivity index (χ1v) is 11.3. The molecule has 7 heteroatoms. The van der Waals surface area contributed by atoms with E-state index in [1.54, 1.807) is 18.9 Å². The van der Waals surface area contributed by atoms with E-state index in [9.17, 15) is 9.59 Å². The summed E-state index contributed by atoms with van der Waals surface area (Å²) in [6, 6.07) is 18.1. The summed E-state index contributed by atoms with van der Waals surface area (Å²) in [5.74, 6) is 1.62. The van der Waals surface area contributed by atoms with Gasteiger partial charge in [-0.05, 0) is 36.4 Å². The summed E-state index contributed by atoms with van der Waals surface area (Å²) < 4.78 is 5.14. The van der Waals surface area contributed by atoms with Gasteiger partial charge in [-0.2, -0.15) is 0 Å². The number of benzene rings is 2. The Kier molecular flexibility index (Phi) is 8.44. The second-order valence-electron chi connectivity index (χ2n) is 7.08. The number of para-hydroxylation sites is 1. The highest BCUT2D eigenvalue weighted by molar-refractivity contribution is 7.99. The molecule has 30 heavy (non-hydrogen) atoms. The summed E-state index contributed by atoms with van der Waals surface area (Å²) in [5, 5.41) is 2.86. The molecule has 3 rings (SSSR count). The van der Waals surface area contributed by atoms with E-state index in [1.165, 1.54) is 5.69 Å². The van der Waals surface area contributed by atoms with Gasteiger partial charge in [0.05, 0.1) is 7.11 Å². The lowest BCUT2D eigenvalue weighted by molar-refractivity contribution is -0.131. The molecule has 6 nitrogen and oxygen atoms in total. The second-order valence-corrected chi connectivity index (χ2v) is 8.25. The van der Waals surface area contributed by atoms with Crippen molar-refractivity contribution in [2.75, 3.05) is 50.5 Å². The van der Waals surface area contributed by atoms with Crippen molar-refractivity contribution >= 4 is 29.3 Å². The molecule has 1 aliphatic heterocycles. The lowest BCUT2D eigenvalue weighted by Gasteiger charge is -2.36. The van der Waals surface area contributed by atoms with Gasteiger partial charge in [-0.15, -0.1) is 11.8 Å². The van der Waals surface area contributed by atoms with E-state index in [4.69, 9.17) is 4.74 Å². The van der Waals surface area contributed by atoms with E-state index in [0.29, 0.717) is 25.1 Å². The summed E-state index contributed by atoms with van der Waals surface area (Å²) in [6.45, 7) is 3.51. The quantitative estimate of drug-likeness (QED) is 0.624. The van der Waals surface area contributed by atoms with Crippen LogP contribution in [0.1, 0.15) is 12.8 Å². The molecule has 2 aromatic carbocycles. The Hall–Kier alpha value is -2.67. The number of hydrogen-bond donors (Lipinski definition) is 1. The van der Waals surface area contributed by atoms with E-state index < -0.39 is 0 Å². The van der Waals surface area contributed by atoms with Crippen molar-refractivity contribution in [3.05, 3.63) is 54.6 Å². The fraction of sp³-hybridized carbons (Fsp3) is 0.391. The van der Waals surface area contributed by atoms with Crippen LogP contribution < -0.4 is 15.0 Å². The van der Waals surface area contributed by atoms with Crippen LogP contribution in [0, 0.1) is 0 Å². The number of anilines is 1. The molecule has 1 N–H and O–H groups in total. The maximum Gasteiger partial charge on any atom is 0.224 e. The number of carbonyl (C=O) groups excluding carboxylic acids is 2. The number of hydrogen-bond acceptors (Lipinski definition) is 5. The Morgan fingerprint density at radius 3 is 2.33 bits per heavy atom. The van der Waals surface area contributed by atoms with Crippen molar-refractivity contribution in [2.45, 2.75) is 17.7 Å². The molecule has 1 heterocycles. The number of methoxy groups -OCH3 is 1. The van der Waals surface area contributed by atoms with Crippen LogP contribution in [0.25, 0.3) is 0 Å². The Morgan fingerprint density at radius 1 is 0.967 bits per heavy atom. The maximum absolute atomic E-state index is 12.4. The minimum atomic E-state index is -0.0160. The Labute approximate surface area is 182 Å². The molecule has 0 aromatic heterocycles. The van der Waals surface area contributed by atoms with Crippen LogP contribution >= 0.6 is 11.8 Å². The van der Waals surface area contributed by atoms with Crippen LogP contribution in [-0.2, 0) is 9.59 Å². The normalized spacial score (nSPS) is 13.8. The largest absolute Gasteiger partial charge is 0.497 e. The third kappa shape index (κ3) is 6.69. The summed E-state index contributed by atoms with van der Waals surface area (Å²) in [7, 11) is 1.64. The molecule has 0 aliphatic carbocycles. The number of nitrogens with one attached hydrogen (secondary N) is 1. The number of rotatable bonds is 9. The van der Waals surface area contributed by atoms with Crippen molar-refractivity contribution in [1.82, 2.24) is 10.2 Å². The lowest BCUT2D eigenvalue weighted by atomic mass is 10.2. The minimum absolute atomic E-state index is 0.0160. The van der Waals surface area contributed by atoms with Crippen molar-refractivity contribution in [1.29, 1.82) is 0 Å². The van der Waals surface area contributed by atoms with Gasteiger partial charge in [-0.3, -0.25) is 9.59 Å². The molecule has 2 aromatic rings. The predicted octanol–water partition coefficient (Wildman–Crippen LogP) is 3.03. The van der Waals surface area contributed by atoms with Crippen molar-refractivity contribution in [3.8, 4) is 5.75 Å². The molecule has 0 bridgehead atoms. The first-order chi connectivity index (χ1) is 14.7. The van der Waals surface area contributed by atoms with Gasteiger partial charge in [0.25, 0.3) is 0 Å². The maximum atomic E-state index is 12.4. The number of amides is 2. The highest BCUT2D eigenvalue weighted by Gasteiger charge is 2.20. The SMILES string of the molecule is COc1ccc(SCCC(=O)NCCC(=O)N2CCN(c3ccccc3)CC2)cc1. The molecule has 1 fully saturated rings. The molecule has 2 amide bonds. The van der Waals surface area contributed by atoms with Crippen LogP contribution in [0.5, 0.6) is 5.75 Å². The van der Waals surface area contributed by atoms with Crippen molar-refractivity contribution < 1.29 is 14.3 Å². The van der Waals surface area contributed by atoms with Crippen molar-refractivity contribution in [2.24, 2.45) is 0 Å². The number of thioether (sulfide) groups is 1. The van der Waals surface area contributed by atoms with Gasteiger partial charge >= 0.3 is 0 Å². The highest BCUT2D eigenvalue weighted by atomic mass is 32.2. The Morgan fingerprint density at radius 2 is 1.67 bits per heavy atom. The topological polar surface area (TPSA) is 61.9 Å². The number of carbonyl (C=O) groups is 2. The third-order valence-electron chi connectivity index (χ3n) is 5.07.